The standard InChI is InChI=1S/C22H17ClF5N3O3S/c1-3-30(11-14-15(23)5-4-6-16(14)24)19(32)29-20-31(10-12(2)35-20)13-7-8-17-18(9-13)34-22(27,28)21(25,26)33-17/h4-10H,3,11H2,1-2H3. The Bertz CT molecular complexity index is 1340. The topological polar surface area (TPSA) is 56.1 Å². The van der Waals surface area contributed by atoms with Crippen LogP contribution in [0.4, 0.5) is 26.7 Å². The Labute approximate surface area is 204 Å². The second kappa shape index (κ2) is 9.15. The highest BCUT2D eigenvalue weighted by atomic mass is 35.5. The summed E-state index contributed by atoms with van der Waals surface area (Å²) in [7, 11) is 0. The Morgan fingerprint density at radius 2 is 1.83 bits per heavy atom. The number of rotatable bonds is 4. The van der Waals surface area contributed by atoms with Crippen LogP contribution in [0.15, 0.2) is 47.6 Å². The number of nitrogens with zero attached hydrogens (tertiary/aromatic N) is 3. The molecule has 0 aliphatic carbocycles. The van der Waals surface area contributed by atoms with Crippen molar-refractivity contribution in [3.63, 3.8) is 0 Å². The third-order valence-electron chi connectivity index (χ3n) is 5.04. The Hall–Kier alpha value is -3.12. The van der Waals surface area contributed by atoms with Gasteiger partial charge in [-0.05, 0) is 38.1 Å². The number of fused-ring (bicyclic) bond motifs is 1. The number of aryl methyl sites for hydroxylation is 1. The van der Waals surface area contributed by atoms with Crippen molar-refractivity contribution in [1.82, 2.24) is 9.47 Å². The van der Waals surface area contributed by atoms with E-state index in [1.54, 1.807) is 20.0 Å². The number of thiazole rings is 1. The Morgan fingerprint density at radius 1 is 1.14 bits per heavy atom. The van der Waals surface area contributed by atoms with E-state index in [1.165, 1.54) is 33.7 Å². The number of hydrogen-bond donors (Lipinski definition) is 0. The van der Waals surface area contributed by atoms with Crippen molar-refractivity contribution in [1.29, 1.82) is 0 Å². The van der Waals surface area contributed by atoms with E-state index < -0.39 is 35.6 Å². The van der Waals surface area contributed by atoms with Crippen LogP contribution in [-0.4, -0.2) is 34.3 Å². The van der Waals surface area contributed by atoms with Crippen LogP contribution in [-0.2, 0) is 6.54 Å². The minimum atomic E-state index is -4.87. The Morgan fingerprint density at radius 3 is 2.49 bits per heavy atom. The van der Waals surface area contributed by atoms with Crippen LogP contribution in [0.3, 0.4) is 0 Å². The number of alkyl halides is 4. The van der Waals surface area contributed by atoms with Crippen molar-refractivity contribution in [3.8, 4) is 17.2 Å². The summed E-state index contributed by atoms with van der Waals surface area (Å²) in [4.78, 5) is 19.2. The molecular weight excluding hydrogens is 517 g/mol. The molecule has 2 amide bonds. The molecule has 3 aromatic rings. The third-order valence-corrected chi connectivity index (χ3v) is 6.30. The predicted molar refractivity (Wildman–Crippen MR) is 118 cm³/mol. The molecule has 2 heterocycles. The number of aromatic nitrogens is 1. The molecule has 0 unspecified atom stereocenters. The number of ether oxygens (including phenoxy) is 2. The molecule has 0 saturated heterocycles. The van der Waals surface area contributed by atoms with Gasteiger partial charge in [0.2, 0.25) is 0 Å². The molecule has 6 nitrogen and oxygen atoms in total. The van der Waals surface area contributed by atoms with Gasteiger partial charge >= 0.3 is 18.2 Å². The zero-order valence-corrected chi connectivity index (χ0v) is 19.8. The molecule has 0 spiro atoms. The quantitative estimate of drug-likeness (QED) is 0.379. The van der Waals surface area contributed by atoms with Crippen molar-refractivity contribution in [2.45, 2.75) is 32.6 Å². The lowest BCUT2D eigenvalue weighted by Crippen LogP contribution is -2.52. The van der Waals surface area contributed by atoms with E-state index in [1.807, 2.05) is 0 Å². The molecule has 2 aromatic carbocycles. The number of carbonyl (C=O) groups excluding carboxylic acids is 1. The molecule has 0 fully saturated rings. The van der Waals surface area contributed by atoms with Crippen molar-refractivity contribution in [3.05, 3.63) is 68.7 Å². The van der Waals surface area contributed by atoms with Gasteiger partial charge in [-0.2, -0.15) is 22.6 Å². The SMILES string of the molecule is CCN(Cc1c(F)cccc1Cl)C(=O)N=c1sc(C)cn1-c1ccc2c(c1)OC(F)(F)C(F)(F)O2. The predicted octanol–water partition coefficient (Wildman–Crippen LogP) is 6.14. The number of amides is 2. The summed E-state index contributed by atoms with van der Waals surface area (Å²) in [6.45, 7) is 3.49. The van der Waals surface area contributed by atoms with Crippen molar-refractivity contribution in [2.24, 2.45) is 4.99 Å². The van der Waals surface area contributed by atoms with Crippen LogP contribution >= 0.6 is 22.9 Å². The number of hydrogen-bond acceptors (Lipinski definition) is 4. The van der Waals surface area contributed by atoms with Gasteiger partial charge in [-0.15, -0.1) is 11.3 Å². The highest BCUT2D eigenvalue weighted by Crippen LogP contribution is 2.47. The summed E-state index contributed by atoms with van der Waals surface area (Å²) in [5.41, 5.74) is 0.351. The molecule has 1 aliphatic rings. The van der Waals surface area contributed by atoms with Crippen molar-refractivity contribution >= 4 is 29.0 Å². The van der Waals surface area contributed by atoms with E-state index in [0.29, 0.717) is 4.88 Å². The zero-order valence-electron chi connectivity index (χ0n) is 18.2. The fraction of sp³-hybridized carbons (Fsp3) is 0.273. The highest BCUT2D eigenvalue weighted by molar-refractivity contribution is 7.09. The van der Waals surface area contributed by atoms with Gasteiger partial charge in [-0.3, -0.25) is 4.57 Å². The van der Waals surface area contributed by atoms with E-state index in [2.05, 4.69) is 14.5 Å². The highest BCUT2D eigenvalue weighted by Gasteiger charge is 2.65. The molecule has 0 N–H and O–H groups in total. The minimum absolute atomic E-state index is 0.123. The normalized spacial score (nSPS) is 16.3. The Balaban J connectivity index is 1.68. The monoisotopic (exact) mass is 533 g/mol. The molecule has 0 saturated carbocycles. The number of halogens is 6. The number of carbonyl (C=O) groups is 1. The second-order valence-corrected chi connectivity index (χ2v) is 9.09. The van der Waals surface area contributed by atoms with Gasteiger partial charge < -0.3 is 14.4 Å². The minimum Gasteiger partial charge on any atom is -0.421 e. The second-order valence-electron chi connectivity index (χ2n) is 7.47. The fourth-order valence-corrected chi connectivity index (χ4v) is 4.31. The van der Waals surface area contributed by atoms with Gasteiger partial charge in [0, 0.05) is 34.3 Å². The Kier molecular flexibility index (Phi) is 6.54. The average molecular weight is 534 g/mol. The third kappa shape index (κ3) is 4.85. The first-order valence-electron chi connectivity index (χ1n) is 10.2. The van der Waals surface area contributed by atoms with Gasteiger partial charge in [-0.25, -0.2) is 9.18 Å². The van der Waals surface area contributed by atoms with Crippen LogP contribution in [0.5, 0.6) is 11.5 Å². The number of urea groups is 1. The lowest BCUT2D eigenvalue weighted by Gasteiger charge is -2.31. The summed E-state index contributed by atoms with van der Waals surface area (Å²) in [6, 6.07) is 6.95. The first-order valence-corrected chi connectivity index (χ1v) is 11.3. The first kappa shape index (κ1) is 25.0. The first-order chi connectivity index (χ1) is 16.4. The van der Waals surface area contributed by atoms with Gasteiger partial charge in [0.05, 0.1) is 12.2 Å². The molecule has 1 aromatic heterocycles. The zero-order chi connectivity index (χ0) is 25.5. The van der Waals surface area contributed by atoms with E-state index in [0.717, 1.165) is 23.5 Å². The van der Waals surface area contributed by atoms with Crippen LogP contribution < -0.4 is 14.3 Å². The van der Waals surface area contributed by atoms with E-state index in [-0.39, 0.29) is 34.2 Å². The fourth-order valence-electron chi connectivity index (χ4n) is 3.27. The summed E-state index contributed by atoms with van der Waals surface area (Å²) in [5.74, 6) is -1.73. The molecule has 1 aliphatic heterocycles. The molecule has 13 heteroatoms. The van der Waals surface area contributed by atoms with Gasteiger partial charge in [-0.1, -0.05) is 17.7 Å². The largest absolute Gasteiger partial charge is 0.507 e. The van der Waals surface area contributed by atoms with Crippen molar-refractivity contribution in [2.75, 3.05) is 6.54 Å². The maximum atomic E-state index is 14.2. The van der Waals surface area contributed by atoms with Crippen LogP contribution in [0.2, 0.25) is 5.02 Å². The summed E-state index contributed by atoms with van der Waals surface area (Å²) in [6.07, 6.45) is -8.11. The lowest BCUT2D eigenvalue weighted by atomic mass is 10.2. The van der Waals surface area contributed by atoms with Gasteiger partial charge in [0.1, 0.15) is 5.82 Å². The van der Waals surface area contributed by atoms with E-state index in [4.69, 9.17) is 11.6 Å². The molecule has 0 bridgehead atoms. The van der Waals surface area contributed by atoms with E-state index >= 15 is 0 Å². The molecule has 0 radical (unpaired) electrons. The average Bonchev–Trinajstić information content (AvgIpc) is 3.13. The maximum absolute atomic E-state index is 14.2. The molecular formula is C22H17ClF5N3O3S. The summed E-state index contributed by atoms with van der Waals surface area (Å²) >= 11 is 7.19. The van der Waals surface area contributed by atoms with Crippen LogP contribution in [0.25, 0.3) is 5.69 Å². The summed E-state index contributed by atoms with van der Waals surface area (Å²) < 4.78 is 78.0. The lowest BCUT2D eigenvalue weighted by molar-refractivity contribution is -0.391. The summed E-state index contributed by atoms with van der Waals surface area (Å²) in [5, 5.41) is 0.164. The molecule has 0 atom stereocenters. The molecule has 35 heavy (non-hydrogen) atoms. The van der Waals surface area contributed by atoms with Crippen LogP contribution in [0, 0.1) is 12.7 Å². The van der Waals surface area contributed by atoms with E-state index in [9.17, 15) is 26.7 Å². The molecule has 186 valence electrons. The molecule has 4 rings (SSSR count). The number of benzene rings is 2. The maximum Gasteiger partial charge on any atom is 0.507 e. The van der Waals surface area contributed by atoms with Gasteiger partial charge in [0.25, 0.3) is 0 Å². The van der Waals surface area contributed by atoms with Gasteiger partial charge in [0.15, 0.2) is 16.3 Å². The smallest absolute Gasteiger partial charge is 0.421 e. The van der Waals surface area contributed by atoms with Crippen LogP contribution in [0.1, 0.15) is 17.4 Å². The van der Waals surface area contributed by atoms with Crippen molar-refractivity contribution < 1.29 is 36.2 Å².